The Morgan fingerprint density at radius 3 is 2.75 bits per heavy atom. The Balaban J connectivity index is 2.61. The molecule has 0 heterocycles. The van der Waals surface area contributed by atoms with Gasteiger partial charge in [0.05, 0.1) is 6.10 Å². The van der Waals surface area contributed by atoms with E-state index < -0.39 is 17.7 Å². The molecule has 0 aliphatic rings. The molecule has 0 spiro atoms. The van der Waals surface area contributed by atoms with Crippen molar-refractivity contribution in [3.63, 3.8) is 0 Å². The third kappa shape index (κ3) is 3.84. The van der Waals surface area contributed by atoms with E-state index in [1.165, 1.54) is 0 Å². The zero-order chi connectivity index (χ0) is 12.1. The minimum absolute atomic E-state index is 0.149. The summed E-state index contributed by atoms with van der Waals surface area (Å²) in [5, 5.41) is 9.30. The first-order chi connectivity index (χ1) is 7.52. The molecule has 0 aromatic heterocycles. The molecule has 0 saturated heterocycles. The van der Waals surface area contributed by atoms with Gasteiger partial charge in [-0.2, -0.15) is 0 Å². The van der Waals surface area contributed by atoms with Crippen molar-refractivity contribution in [3.05, 3.63) is 35.4 Å². The number of benzene rings is 1. The topological polar surface area (TPSA) is 49.5 Å². The predicted octanol–water partition coefficient (Wildman–Crippen LogP) is 0.716. The summed E-state index contributed by atoms with van der Waals surface area (Å²) in [5.74, 6) is -0.917. The molecule has 90 valence electrons. The van der Waals surface area contributed by atoms with Gasteiger partial charge in [-0.25, -0.2) is 8.78 Å². The third-order valence-corrected chi connectivity index (χ3v) is 2.24. The summed E-state index contributed by atoms with van der Waals surface area (Å²) in [6, 6.07) is 3.33. The summed E-state index contributed by atoms with van der Waals surface area (Å²) >= 11 is 0. The minimum Gasteiger partial charge on any atom is -0.390 e. The SMILES string of the molecule is CN(Cc1cc(F)ccc1F)CC(O)CN. The van der Waals surface area contributed by atoms with Gasteiger partial charge in [0.2, 0.25) is 0 Å². The van der Waals surface area contributed by atoms with E-state index in [4.69, 9.17) is 5.73 Å². The predicted molar refractivity (Wildman–Crippen MR) is 57.8 cm³/mol. The van der Waals surface area contributed by atoms with Crippen LogP contribution in [0.3, 0.4) is 0 Å². The van der Waals surface area contributed by atoms with E-state index in [1.54, 1.807) is 11.9 Å². The number of likely N-dealkylation sites (N-methyl/N-ethyl adjacent to an activating group) is 1. The molecule has 1 unspecified atom stereocenters. The van der Waals surface area contributed by atoms with Gasteiger partial charge in [-0.3, -0.25) is 4.90 Å². The number of halogens is 2. The van der Waals surface area contributed by atoms with Crippen LogP contribution in [-0.4, -0.2) is 36.2 Å². The van der Waals surface area contributed by atoms with Gasteiger partial charge in [0.1, 0.15) is 11.6 Å². The molecule has 3 N–H and O–H groups in total. The second-order valence-electron chi connectivity index (χ2n) is 3.82. The standard InChI is InChI=1S/C11H16F2N2O/c1-15(7-10(16)5-14)6-8-4-9(12)2-3-11(8)13/h2-4,10,16H,5-7,14H2,1H3. The lowest BCUT2D eigenvalue weighted by Crippen LogP contribution is -2.33. The third-order valence-electron chi connectivity index (χ3n) is 2.24. The molecule has 0 fully saturated rings. The van der Waals surface area contributed by atoms with Crippen LogP contribution in [0.1, 0.15) is 5.56 Å². The summed E-state index contributed by atoms with van der Waals surface area (Å²) in [7, 11) is 1.71. The van der Waals surface area contributed by atoms with Crippen LogP contribution in [0.25, 0.3) is 0 Å². The second kappa shape index (κ2) is 5.89. The van der Waals surface area contributed by atoms with Crippen LogP contribution in [0.2, 0.25) is 0 Å². The van der Waals surface area contributed by atoms with Gasteiger partial charge in [0.25, 0.3) is 0 Å². The van der Waals surface area contributed by atoms with Crippen LogP contribution in [0.4, 0.5) is 8.78 Å². The van der Waals surface area contributed by atoms with Crippen LogP contribution >= 0.6 is 0 Å². The maximum Gasteiger partial charge on any atom is 0.127 e. The van der Waals surface area contributed by atoms with E-state index in [9.17, 15) is 13.9 Å². The lowest BCUT2D eigenvalue weighted by Gasteiger charge is -2.19. The highest BCUT2D eigenvalue weighted by atomic mass is 19.1. The van der Waals surface area contributed by atoms with E-state index in [2.05, 4.69) is 0 Å². The second-order valence-corrected chi connectivity index (χ2v) is 3.82. The maximum absolute atomic E-state index is 13.3. The Labute approximate surface area is 93.5 Å². The fourth-order valence-electron chi connectivity index (χ4n) is 1.45. The van der Waals surface area contributed by atoms with Gasteiger partial charge in [-0.15, -0.1) is 0 Å². The van der Waals surface area contributed by atoms with E-state index >= 15 is 0 Å². The van der Waals surface area contributed by atoms with Gasteiger partial charge in [0, 0.05) is 25.2 Å². The number of nitrogens with two attached hydrogens (primary N) is 1. The zero-order valence-corrected chi connectivity index (χ0v) is 9.16. The first-order valence-corrected chi connectivity index (χ1v) is 5.03. The van der Waals surface area contributed by atoms with E-state index in [0.29, 0.717) is 6.54 Å². The summed E-state index contributed by atoms with van der Waals surface area (Å²) in [4.78, 5) is 1.69. The Hall–Kier alpha value is -1.04. The molecule has 5 heteroatoms. The average molecular weight is 230 g/mol. The molecule has 0 amide bonds. The fourth-order valence-corrected chi connectivity index (χ4v) is 1.45. The molecule has 0 bridgehead atoms. The van der Waals surface area contributed by atoms with Gasteiger partial charge in [-0.1, -0.05) is 0 Å². The maximum atomic E-state index is 13.3. The lowest BCUT2D eigenvalue weighted by molar-refractivity contribution is 0.129. The molecule has 3 nitrogen and oxygen atoms in total. The molecular formula is C11H16F2N2O. The Morgan fingerprint density at radius 2 is 2.12 bits per heavy atom. The normalized spacial score (nSPS) is 13.1. The van der Waals surface area contributed by atoms with Crippen LogP contribution in [0.15, 0.2) is 18.2 Å². The fraction of sp³-hybridized carbons (Fsp3) is 0.455. The van der Waals surface area contributed by atoms with Crippen molar-refractivity contribution in [2.24, 2.45) is 5.73 Å². The van der Waals surface area contributed by atoms with Crippen molar-refractivity contribution in [1.29, 1.82) is 0 Å². The van der Waals surface area contributed by atoms with E-state index in [0.717, 1.165) is 18.2 Å². The Kier molecular flexibility index (Phi) is 4.79. The van der Waals surface area contributed by atoms with Crippen LogP contribution in [0, 0.1) is 11.6 Å². The molecule has 0 saturated carbocycles. The van der Waals surface area contributed by atoms with Crippen LogP contribution in [0.5, 0.6) is 0 Å². The monoisotopic (exact) mass is 230 g/mol. The van der Waals surface area contributed by atoms with Crippen molar-refractivity contribution in [2.75, 3.05) is 20.1 Å². The minimum atomic E-state index is -0.651. The van der Waals surface area contributed by atoms with Crippen molar-refractivity contribution >= 4 is 0 Å². The van der Waals surface area contributed by atoms with Gasteiger partial charge >= 0.3 is 0 Å². The van der Waals surface area contributed by atoms with Crippen LogP contribution < -0.4 is 5.73 Å². The van der Waals surface area contributed by atoms with Crippen molar-refractivity contribution < 1.29 is 13.9 Å². The summed E-state index contributed by atoms with van der Waals surface area (Å²) < 4.78 is 26.1. The highest BCUT2D eigenvalue weighted by Crippen LogP contribution is 2.11. The quantitative estimate of drug-likeness (QED) is 0.783. The molecule has 0 aliphatic heterocycles. The Morgan fingerprint density at radius 1 is 1.44 bits per heavy atom. The molecule has 1 aromatic carbocycles. The smallest absolute Gasteiger partial charge is 0.127 e. The molecular weight excluding hydrogens is 214 g/mol. The van der Waals surface area contributed by atoms with Crippen LogP contribution in [-0.2, 0) is 6.54 Å². The lowest BCUT2D eigenvalue weighted by atomic mass is 10.2. The van der Waals surface area contributed by atoms with Crippen molar-refractivity contribution in [1.82, 2.24) is 4.90 Å². The number of hydrogen-bond donors (Lipinski definition) is 2. The molecule has 0 aliphatic carbocycles. The number of aliphatic hydroxyl groups is 1. The van der Waals surface area contributed by atoms with Crippen molar-refractivity contribution in [2.45, 2.75) is 12.6 Å². The number of rotatable bonds is 5. The van der Waals surface area contributed by atoms with Gasteiger partial charge in [-0.05, 0) is 25.2 Å². The highest BCUT2D eigenvalue weighted by Gasteiger charge is 2.10. The average Bonchev–Trinajstić information content (AvgIpc) is 2.23. The summed E-state index contributed by atoms with van der Waals surface area (Å²) in [5.41, 5.74) is 5.53. The van der Waals surface area contributed by atoms with Crippen molar-refractivity contribution in [3.8, 4) is 0 Å². The Bertz CT molecular complexity index is 347. The highest BCUT2D eigenvalue weighted by molar-refractivity contribution is 5.18. The molecule has 0 radical (unpaired) electrons. The summed E-state index contributed by atoms with van der Waals surface area (Å²) in [6.07, 6.45) is -0.651. The largest absolute Gasteiger partial charge is 0.390 e. The number of aliphatic hydroxyl groups excluding tert-OH is 1. The number of hydrogen-bond acceptors (Lipinski definition) is 3. The molecule has 16 heavy (non-hydrogen) atoms. The zero-order valence-electron chi connectivity index (χ0n) is 9.16. The first-order valence-electron chi connectivity index (χ1n) is 5.03. The molecule has 1 atom stereocenters. The van der Waals surface area contributed by atoms with E-state index in [-0.39, 0.29) is 18.7 Å². The number of nitrogens with zero attached hydrogens (tertiary/aromatic N) is 1. The molecule has 1 aromatic rings. The van der Waals surface area contributed by atoms with Gasteiger partial charge in [0.15, 0.2) is 0 Å². The van der Waals surface area contributed by atoms with Gasteiger partial charge < -0.3 is 10.8 Å². The first kappa shape index (κ1) is 13.0. The van der Waals surface area contributed by atoms with E-state index in [1.807, 2.05) is 0 Å². The molecule has 1 rings (SSSR count). The summed E-state index contributed by atoms with van der Waals surface area (Å²) in [6.45, 7) is 0.711.